The van der Waals surface area contributed by atoms with E-state index >= 15 is 0 Å². The van der Waals surface area contributed by atoms with E-state index in [1.165, 1.54) is 4.90 Å². The van der Waals surface area contributed by atoms with Gasteiger partial charge in [-0.25, -0.2) is 8.42 Å². The SMILES string of the molecule is CC[C@@H](C)NC(=O)[C@H](CC)N(CCc1ccccc1)C(=O)CN(c1cccc(C)c1)S(=O)(=O)c1ccc(C)cc1. The molecule has 40 heavy (non-hydrogen) atoms. The van der Waals surface area contributed by atoms with Gasteiger partial charge >= 0.3 is 0 Å². The van der Waals surface area contributed by atoms with E-state index in [9.17, 15) is 18.0 Å². The van der Waals surface area contributed by atoms with Crippen molar-refractivity contribution in [3.63, 3.8) is 0 Å². The topological polar surface area (TPSA) is 86.8 Å². The standard InChI is InChI=1S/C32H41N3O4S/c1-6-26(5)33-32(37)30(7-2)34(21-20-27-13-9-8-10-14-27)31(36)23-35(28-15-11-12-25(4)22-28)40(38,39)29-18-16-24(3)17-19-29/h8-19,22,26,30H,6-7,20-21,23H2,1-5H3,(H,33,37)/t26-,30+/m1/s1. The average molecular weight is 564 g/mol. The Labute approximate surface area is 239 Å². The summed E-state index contributed by atoms with van der Waals surface area (Å²) in [7, 11) is -4.07. The maximum Gasteiger partial charge on any atom is 0.264 e. The van der Waals surface area contributed by atoms with Crippen molar-refractivity contribution >= 4 is 27.5 Å². The van der Waals surface area contributed by atoms with Crippen LogP contribution in [0.5, 0.6) is 0 Å². The Kier molecular flexibility index (Phi) is 10.9. The molecule has 0 aliphatic carbocycles. The molecule has 0 spiro atoms. The van der Waals surface area contributed by atoms with E-state index in [0.29, 0.717) is 18.5 Å². The number of aryl methyl sites for hydroxylation is 2. The summed E-state index contributed by atoms with van der Waals surface area (Å²) in [6.07, 6.45) is 1.70. The Morgan fingerprint density at radius 2 is 1.52 bits per heavy atom. The first-order valence-electron chi connectivity index (χ1n) is 13.9. The lowest BCUT2D eigenvalue weighted by atomic mass is 10.1. The highest BCUT2D eigenvalue weighted by Crippen LogP contribution is 2.25. The molecule has 8 heteroatoms. The van der Waals surface area contributed by atoms with Crippen molar-refractivity contribution in [3.8, 4) is 0 Å². The second-order valence-corrected chi connectivity index (χ2v) is 12.1. The van der Waals surface area contributed by atoms with Crippen molar-refractivity contribution in [1.82, 2.24) is 10.2 Å². The van der Waals surface area contributed by atoms with Crippen LogP contribution < -0.4 is 9.62 Å². The molecular formula is C32H41N3O4S. The van der Waals surface area contributed by atoms with Crippen LogP contribution >= 0.6 is 0 Å². The van der Waals surface area contributed by atoms with E-state index in [2.05, 4.69) is 5.32 Å². The monoisotopic (exact) mass is 563 g/mol. The van der Waals surface area contributed by atoms with Gasteiger partial charge in [-0.05, 0) is 75.4 Å². The molecule has 3 aromatic rings. The van der Waals surface area contributed by atoms with Crippen LogP contribution in [0.25, 0.3) is 0 Å². The molecule has 0 heterocycles. The Bertz CT molecular complexity index is 1370. The summed E-state index contributed by atoms with van der Waals surface area (Å²) in [5, 5.41) is 3.00. The lowest BCUT2D eigenvalue weighted by Gasteiger charge is -2.33. The van der Waals surface area contributed by atoms with Crippen molar-refractivity contribution in [2.75, 3.05) is 17.4 Å². The van der Waals surface area contributed by atoms with Crippen molar-refractivity contribution in [3.05, 3.63) is 95.6 Å². The van der Waals surface area contributed by atoms with Gasteiger partial charge < -0.3 is 10.2 Å². The average Bonchev–Trinajstić information content (AvgIpc) is 2.94. The van der Waals surface area contributed by atoms with Crippen LogP contribution in [-0.2, 0) is 26.0 Å². The third-order valence-electron chi connectivity index (χ3n) is 7.05. The highest BCUT2D eigenvalue weighted by molar-refractivity contribution is 7.92. The van der Waals surface area contributed by atoms with E-state index in [1.54, 1.807) is 42.5 Å². The van der Waals surface area contributed by atoms with Gasteiger partial charge in [0.1, 0.15) is 12.6 Å². The molecule has 0 saturated heterocycles. The van der Waals surface area contributed by atoms with E-state index in [4.69, 9.17) is 0 Å². The minimum absolute atomic E-state index is 0.0432. The predicted octanol–water partition coefficient (Wildman–Crippen LogP) is 5.26. The number of hydrogen-bond acceptors (Lipinski definition) is 4. The molecule has 3 rings (SSSR count). The summed E-state index contributed by atoms with van der Waals surface area (Å²) in [5.41, 5.74) is 3.23. The minimum atomic E-state index is -4.07. The molecule has 0 aliphatic rings. The van der Waals surface area contributed by atoms with Crippen LogP contribution in [0.2, 0.25) is 0 Å². The summed E-state index contributed by atoms with van der Waals surface area (Å²) in [6, 6.07) is 22.6. The number of nitrogens with one attached hydrogen (secondary N) is 1. The zero-order chi connectivity index (χ0) is 29.3. The molecule has 0 aromatic heterocycles. The lowest BCUT2D eigenvalue weighted by Crippen LogP contribution is -2.54. The van der Waals surface area contributed by atoms with Crippen molar-refractivity contribution in [2.24, 2.45) is 0 Å². The molecule has 2 amide bonds. The van der Waals surface area contributed by atoms with Gasteiger partial charge in [-0.3, -0.25) is 13.9 Å². The molecule has 0 bridgehead atoms. The van der Waals surface area contributed by atoms with E-state index in [0.717, 1.165) is 27.4 Å². The summed E-state index contributed by atoms with van der Waals surface area (Å²) < 4.78 is 29.0. The van der Waals surface area contributed by atoms with Gasteiger partial charge in [-0.2, -0.15) is 0 Å². The fraction of sp³-hybridized carbons (Fsp3) is 0.375. The normalized spacial score (nSPS) is 12.8. The van der Waals surface area contributed by atoms with Crippen LogP contribution in [0, 0.1) is 13.8 Å². The third-order valence-corrected chi connectivity index (χ3v) is 8.84. The van der Waals surface area contributed by atoms with Crippen molar-refractivity contribution in [2.45, 2.75) is 70.9 Å². The molecule has 0 aliphatic heterocycles. The van der Waals surface area contributed by atoms with Crippen LogP contribution in [0.4, 0.5) is 5.69 Å². The zero-order valence-electron chi connectivity index (χ0n) is 24.1. The number of nitrogens with zero attached hydrogens (tertiary/aromatic N) is 2. The van der Waals surface area contributed by atoms with E-state index in [1.807, 2.05) is 71.0 Å². The van der Waals surface area contributed by atoms with E-state index < -0.39 is 28.5 Å². The first-order chi connectivity index (χ1) is 19.1. The molecule has 0 fully saturated rings. The molecular weight excluding hydrogens is 522 g/mol. The summed E-state index contributed by atoms with van der Waals surface area (Å²) in [6.45, 7) is 9.39. The number of rotatable bonds is 13. The fourth-order valence-electron chi connectivity index (χ4n) is 4.49. The van der Waals surface area contributed by atoms with Crippen LogP contribution in [0.1, 0.15) is 50.3 Å². The molecule has 214 valence electrons. The van der Waals surface area contributed by atoms with Gasteiger partial charge in [0.2, 0.25) is 11.8 Å². The Morgan fingerprint density at radius 1 is 0.850 bits per heavy atom. The number of anilines is 1. The van der Waals surface area contributed by atoms with Gasteiger partial charge in [0.05, 0.1) is 10.6 Å². The van der Waals surface area contributed by atoms with Crippen molar-refractivity contribution < 1.29 is 18.0 Å². The Hall–Kier alpha value is -3.65. The van der Waals surface area contributed by atoms with Gasteiger partial charge in [-0.15, -0.1) is 0 Å². The van der Waals surface area contributed by atoms with Crippen LogP contribution in [-0.4, -0.2) is 50.3 Å². The number of benzene rings is 3. The van der Waals surface area contributed by atoms with Gasteiger partial charge in [0.25, 0.3) is 10.0 Å². The molecule has 0 radical (unpaired) electrons. The highest BCUT2D eigenvalue weighted by atomic mass is 32.2. The Morgan fingerprint density at radius 3 is 2.12 bits per heavy atom. The minimum Gasteiger partial charge on any atom is -0.352 e. The van der Waals surface area contributed by atoms with Crippen molar-refractivity contribution in [1.29, 1.82) is 0 Å². The molecule has 7 nitrogen and oxygen atoms in total. The van der Waals surface area contributed by atoms with Gasteiger partial charge in [0, 0.05) is 12.6 Å². The zero-order valence-corrected chi connectivity index (χ0v) is 24.9. The molecule has 0 saturated carbocycles. The molecule has 1 N–H and O–H groups in total. The number of sulfonamides is 1. The van der Waals surface area contributed by atoms with Crippen LogP contribution in [0.3, 0.4) is 0 Å². The third kappa shape index (κ3) is 7.94. The number of carbonyl (C=O) groups is 2. The first-order valence-corrected chi connectivity index (χ1v) is 15.3. The molecule has 3 aromatic carbocycles. The fourth-order valence-corrected chi connectivity index (χ4v) is 5.89. The smallest absolute Gasteiger partial charge is 0.264 e. The summed E-state index contributed by atoms with van der Waals surface area (Å²) in [4.78, 5) is 29.0. The summed E-state index contributed by atoms with van der Waals surface area (Å²) >= 11 is 0. The number of hydrogen-bond donors (Lipinski definition) is 1. The quantitative estimate of drug-likeness (QED) is 0.307. The largest absolute Gasteiger partial charge is 0.352 e. The predicted molar refractivity (Wildman–Crippen MR) is 161 cm³/mol. The molecule has 2 atom stereocenters. The number of carbonyl (C=O) groups excluding carboxylic acids is 2. The summed E-state index contributed by atoms with van der Waals surface area (Å²) in [5.74, 6) is -0.666. The maximum atomic E-state index is 14.1. The molecule has 0 unspecified atom stereocenters. The van der Waals surface area contributed by atoms with Gasteiger partial charge in [-0.1, -0.05) is 74.0 Å². The second kappa shape index (κ2) is 14.1. The lowest BCUT2D eigenvalue weighted by molar-refractivity contribution is -0.139. The highest BCUT2D eigenvalue weighted by Gasteiger charge is 2.33. The maximum absolute atomic E-state index is 14.1. The second-order valence-electron chi connectivity index (χ2n) is 10.2. The van der Waals surface area contributed by atoms with Gasteiger partial charge in [0.15, 0.2) is 0 Å². The van der Waals surface area contributed by atoms with E-state index in [-0.39, 0.29) is 23.4 Å². The Balaban J connectivity index is 2.01. The first kappa shape index (κ1) is 30.9. The number of amides is 2. The van der Waals surface area contributed by atoms with Crippen LogP contribution in [0.15, 0.2) is 83.8 Å².